The van der Waals surface area contributed by atoms with Gasteiger partial charge in [0.25, 0.3) is 15.9 Å². The van der Waals surface area contributed by atoms with E-state index in [4.69, 9.17) is 16.3 Å². The highest BCUT2D eigenvalue weighted by atomic mass is 35.5. The standard InChI is InChI=1S/C22H20ClNO4S/c1-16-7-11-18(12-8-16)24(29(26,27)19-13-9-17(2)10-14-19)22(25)15-28-21-6-4-3-5-20(21)23/h3-14H,15H2,1-2H3. The maximum atomic E-state index is 13.3. The van der Waals surface area contributed by atoms with Crippen LogP contribution >= 0.6 is 11.6 Å². The summed E-state index contributed by atoms with van der Waals surface area (Å²) in [6.45, 7) is 3.25. The van der Waals surface area contributed by atoms with Gasteiger partial charge in [0.15, 0.2) is 6.61 Å². The van der Waals surface area contributed by atoms with Crippen molar-refractivity contribution in [2.75, 3.05) is 10.9 Å². The molecule has 29 heavy (non-hydrogen) atoms. The summed E-state index contributed by atoms with van der Waals surface area (Å²) in [5.74, 6) is -0.423. The summed E-state index contributed by atoms with van der Waals surface area (Å²) in [5, 5.41) is 0.337. The van der Waals surface area contributed by atoms with Crippen molar-refractivity contribution in [1.82, 2.24) is 0 Å². The summed E-state index contributed by atoms with van der Waals surface area (Å²) in [7, 11) is -4.13. The van der Waals surface area contributed by atoms with E-state index in [2.05, 4.69) is 0 Å². The molecular formula is C22H20ClNO4S. The maximum absolute atomic E-state index is 13.3. The molecule has 3 rings (SSSR count). The molecule has 0 spiro atoms. The predicted molar refractivity (Wildman–Crippen MR) is 114 cm³/mol. The monoisotopic (exact) mass is 429 g/mol. The molecule has 150 valence electrons. The van der Waals surface area contributed by atoms with Gasteiger partial charge < -0.3 is 4.74 Å². The fourth-order valence-electron chi connectivity index (χ4n) is 2.67. The van der Waals surface area contributed by atoms with Crippen molar-refractivity contribution in [3.63, 3.8) is 0 Å². The molecule has 0 saturated carbocycles. The first-order valence-corrected chi connectivity index (χ1v) is 10.7. The quantitative estimate of drug-likeness (QED) is 0.566. The highest BCUT2D eigenvalue weighted by Gasteiger charge is 2.31. The van der Waals surface area contributed by atoms with Crippen molar-refractivity contribution >= 4 is 33.2 Å². The van der Waals surface area contributed by atoms with E-state index in [1.807, 2.05) is 13.8 Å². The Labute approximate surface area is 175 Å². The van der Waals surface area contributed by atoms with Crippen molar-refractivity contribution in [1.29, 1.82) is 0 Å². The first kappa shape index (κ1) is 20.9. The van der Waals surface area contributed by atoms with Crippen LogP contribution in [-0.2, 0) is 14.8 Å². The molecule has 0 radical (unpaired) electrons. The third-order valence-corrected chi connectivity index (χ3v) is 6.32. The lowest BCUT2D eigenvalue weighted by atomic mass is 10.2. The van der Waals surface area contributed by atoms with Crippen LogP contribution in [0.3, 0.4) is 0 Å². The second kappa shape index (κ2) is 8.68. The molecule has 0 atom stereocenters. The molecule has 0 saturated heterocycles. The summed E-state index contributed by atoms with van der Waals surface area (Å²) in [6.07, 6.45) is 0. The Bertz CT molecular complexity index is 1110. The smallest absolute Gasteiger partial charge is 0.278 e. The number of benzene rings is 3. The van der Waals surface area contributed by atoms with Crippen molar-refractivity contribution in [3.05, 3.63) is 88.9 Å². The number of halogens is 1. The molecule has 3 aromatic rings. The molecule has 0 unspecified atom stereocenters. The lowest BCUT2D eigenvalue weighted by Gasteiger charge is -2.23. The summed E-state index contributed by atoms with van der Waals surface area (Å²) in [4.78, 5) is 13.0. The third-order valence-electron chi connectivity index (χ3n) is 4.24. The number of hydrogen-bond acceptors (Lipinski definition) is 4. The molecule has 5 nitrogen and oxygen atoms in total. The molecule has 0 aliphatic carbocycles. The van der Waals surface area contributed by atoms with Gasteiger partial charge >= 0.3 is 0 Å². The van der Waals surface area contributed by atoms with Gasteiger partial charge in [-0.05, 0) is 50.2 Å². The minimum Gasteiger partial charge on any atom is -0.482 e. The summed E-state index contributed by atoms with van der Waals surface area (Å²) >= 11 is 6.05. The molecule has 1 amide bonds. The van der Waals surface area contributed by atoms with E-state index in [0.717, 1.165) is 15.4 Å². The predicted octanol–water partition coefficient (Wildman–Crippen LogP) is 4.76. The number of sulfonamides is 1. The van der Waals surface area contributed by atoms with Crippen LogP contribution in [0, 0.1) is 13.8 Å². The normalized spacial score (nSPS) is 11.1. The topological polar surface area (TPSA) is 63.7 Å². The number of nitrogens with zero attached hydrogens (tertiary/aromatic N) is 1. The summed E-state index contributed by atoms with van der Waals surface area (Å²) in [5.41, 5.74) is 2.10. The summed E-state index contributed by atoms with van der Waals surface area (Å²) < 4.78 is 32.8. The minimum atomic E-state index is -4.13. The number of hydrogen-bond donors (Lipinski definition) is 0. The van der Waals surface area contributed by atoms with Gasteiger partial charge in [-0.3, -0.25) is 4.79 Å². The third kappa shape index (κ3) is 4.78. The van der Waals surface area contributed by atoms with Gasteiger partial charge in [0, 0.05) is 0 Å². The van der Waals surface area contributed by atoms with Gasteiger partial charge in [0.05, 0.1) is 15.6 Å². The molecule has 3 aromatic carbocycles. The number of amides is 1. The molecule has 0 fully saturated rings. The number of ether oxygens (including phenoxy) is 1. The second-order valence-corrected chi connectivity index (χ2v) is 8.72. The maximum Gasteiger partial charge on any atom is 0.278 e. The molecular weight excluding hydrogens is 410 g/mol. The Kier molecular flexibility index (Phi) is 6.25. The zero-order valence-corrected chi connectivity index (χ0v) is 17.6. The minimum absolute atomic E-state index is 0.0229. The molecule has 0 aromatic heterocycles. The van der Waals surface area contributed by atoms with E-state index in [-0.39, 0.29) is 10.6 Å². The van der Waals surface area contributed by atoms with Crippen LogP contribution in [0.2, 0.25) is 5.02 Å². The van der Waals surface area contributed by atoms with Gasteiger partial charge in [-0.15, -0.1) is 0 Å². The number of carbonyl (C=O) groups excluding carboxylic acids is 1. The molecule has 7 heteroatoms. The highest BCUT2D eigenvalue weighted by molar-refractivity contribution is 7.93. The van der Waals surface area contributed by atoms with Crippen LogP contribution in [0.15, 0.2) is 77.7 Å². The van der Waals surface area contributed by atoms with Crippen molar-refractivity contribution in [2.45, 2.75) is 18.7 Å². The van der Waals surface area contributed by atoms with Crippen LogP contribution in [0.4, 0.5) is 5.69 Å². The average Bonchev–Trinajstić information content (AvgIpc) is 2.69. The van der Waals surface area contributed by atoms with Gasteiger partial charge in [-0.2, -0.15) is 4.31 Å². The fraction of sp³-hybridized carbons (Fsp3) is 0.136. The van der Waals surface area contributed by atoms with Gasteiger partial charge in [0.2, 0.25) is 0 Å². The van der Waals surface area contributed by atoms with Crippen LogP contribution in [-0.4, -0.2) is 20.9 Å². The zero-order chi connectivity index (χ0) is 21.0. The number of aryl methyl sites for hydroxylation is 2. The van der Waals surface area contributed by atoms with Crippen LogP contribution in [0.25, 0.3) is 0 Å². The molecule has 0 aliphatic heterocycles. The number of para-hydroxylation sites is 1. The zero-order valence-electron chi connectivity index (χ0n) is 16.0. The van der Waals surface area contributed by atoms with E-state index in [0.29, 0.717) is 10.8 Å². The Balaban J connectivity index is 1.96. The van der Waals surface area contributed by atoms with E-state index in [1.54, 1.807) is 60.7 Å². The molecule has 0 aliphatic rings. The van der Waals surface area contributed by atoms with Crippen molar-refractivity contribution in [2.24, 2.45) is 0 Å². The van der Waals surface area contributed by atoms with E-state index in [1.165, 1.54) is 12.1 Å². The van der Waals surface area contributed by atoms with Crippen LogP contribution in [0.5, 0.6) is 5.75 Å². The second-order valence-electron chi connectivity index (χ2n) is 6.53. The van der Waals surface area contributed by atoms with Crippen LogP contribution in [0.1, 0.15) is 11.1 Å². The number of carbonyl (C=O) groups is 1. The average molecular weight is 430 g/mol. The first-order valence-electron chi connectivity index (χ1n) is 8.88. The van der Waals surface area contributed by atoms with E-state index in [9.17, 15) is 13.2 Å². The van der Waals surface area contributed by atoms with Crippen LogP contribution < -0.4 is 9.04 Å². The first-order chi connectivity index (χ1) is 13.8. The molecule has 0 bridgehead atoms. The Hall–Kier alpha value is -2.83. The number of anilines is 1. The lowest BCUT2D eigenvalue weighted by molar-refractivity contribution is -0.119. The lowest BCUT2D eigenvalue weighted by Crippen LogP contribution is -2.40. The molecule has 0 heterocycles. The molecule has 0 N–H and O–H groups in total. The van der Waals surface area contributed by atoms with Crippen molar-refractivity contribution < 1.29 is 17.9 Å². The van der Waals surface area contributed by atoms with E-state index < -0.39 is 22.5 Å². The summed E-state index contributed by atoms with van der Waals surface area (Å²) in [6, 6.07) is 19.7. The van der Waals surface area contributed by atoms with E-state index >= 15 is 0 Å². The largest absolute Gasteiger partial charge is 0.482 e. The Morgan fingerprint density at radius 1 is 0.897 bits per heavy atom. The van der Waals surface area contributed by atoms with Crippen molar-refractivity contribution in [3.8, 4) is 5.75 Å². The Morgan fingerprint density at radius 3 is 2.03 bits per heavy atom. The van der Waals surface area contributed by atoms with Gasteiger partial charge in [-0.25, -0.2) is 8.42 Å². The SMILES string of the molecule is Cc1ccc(N(C(=O)COc2ccccc2Cl)S(=O)(=O)c2ccc(C)cc2)cc1. The highest BCUT2D eigenvalue weighted by Crippen LogP contribution is 2.26. The van der Waals surface area contributed by atoms with Gasteiger partial charge in [0.1, 0.15) is 5.75 Å². The fourth-order valence-corrected chi connectivity index (χ4v) is 4.27. The Morgan fingerprint density at radius 2 is 1.45 bits per heavy atom. The number of rotatable bonds is 6. The van der Waals surface area contributed by atoms with Gasteiger partial charge in [-0.1, -0.05) is 59.1 Å².